The zero-order chi connectivity index (χ0) is 4.50. The topological polar surface area (TPSA) is 74.6 Å². The van der Waals surface area contributed by atoms with Crippen LogP contribution in [0.5, 0.6) is 0 Å². The second-order valence-electron chi connectivity index (χ2n) is 0.415. The molecule has 0 saturated carbocycles. The van der Waals surface area contributed by atoms with Gasteiger partial charge in [0.1, 0.15) is 0 Å². The van der Waals surface area contributed by atoms with E-state index in [1.165, 1.54) is 0 Å². The van der Waals surface area contributed by atoms with Crippen LogP contribution in [-0.2, 0) is 54.3 Å². The summed E-state index contributed by atoms with van der Waals surface area (Å²) < 4.78 is 31.8. The summed E-state index contributed by atoms with van der Waals surface area (Å²) in [6.07, 6.45) is 0. The molecule has 0 atom stereocenters. The van der Waals surface area contributed by atoms with Crippen LogP contribution in [0.4, 0.5) is 0 Å². The molecular formula is H3CoKMnNiO4. The average Bonchev–Trinajstić information content (AvgIpc) is 0.722. The van der Waals surface area contributed by atoms with Gasteiger partial charge < -0.3 is 1.43 Å². The van der Waals surface area contributed by atoms with Crippen LogP contribution in [0.2, 0.25) is 0 Å². The molecule has 0 aromatic rings. The predicted molar refractivity (Wildman–Crippen MR) is 6.92 cm³/mol. The first kappa shape index (κ1) is 22.4. The van der Waals surface area contributed by atoms with Gasteiger partial charge in [-0.2, -0.15) is 0 Å². The summed E-state index contributed by atoms with van der Waals surface area (Å²) in [6.45, 7) is 0. The Kier molecular flexibility index (Phi) is 27.1. The van der Waals surface area contributed by atoms with Crippen molar-refractivity contribution in [2.24, 2.45) is 0 Å². The molecule has 0 heterocycles. The number of hydrogen-bond donors (Lipinski definition) is 2. The van der Waals surface area contributed by atoms with E-state index in [0.717, 1.165) is 0 Å². The van der Waals surface area contributed by atoms with Crippen LogP contribution in [0.15, 0.2) is 0 Å². The summed E-state index contributed by atoms with van der Waals surface area (Å²) in [5, 5.41) is 0. The van der Waals surface area contributed by atoms with Gasteiger partial charge in [-0.3, -0.25) is 0 Å². The standard InChI is InChI=1S/Co.K.Mn.Ni.2H2O.2O.H/h;;;;2*1H2;;;/q;+1;+2;;;;;;-1/p-2. The molecule has 0 fully saturated rings. The first-order valence-corrected chi connectivity index (χ1v) is 2.67. The molecule has 0 aliphatic heterocycles. The predicted octanol–water partition coefficient (Wildman–Crippen LogP) is -4.24. The minimum atomic E-state index is -5.12. The SMILES string of the molecule is [Co].[H-].[K+].[Ni].[O]=[Mn](=[O])([OH])[OH]. The first-order chi connectivity index (χ1) is 2.00. The van der Waals surface area contributed by atoms with Crippen molar-refractivity contribution in [3.05, 3.63) is 0 Å². The molecule has 8 heteroatoms. The van der Waals surface area contributed by atoms with Crippen LogP contribution in [0.25, 0.3) is 0 Å². The molecule has 8 heavy (non-hydrogen) atoms. The van der Waals surface area contributed by atoms with Crippen molar-refractivity contribution >= 4 is 0 Å². The van der Waals surface area contributed by atoms with E-state index in [1.54, 1.807) is 0 Å². The third-order valence-corrected chi connectivity index (χ3v) is 0. The van der Waals surface area contributed by atoms with Crippen LogP contribution in [0, 0.1) is 0 Å². The van der Waals surface area contributed by atoms with Gasteiger partial charge in [0.05, 0.1) is 0 Å². The maximum atomic E-state index is 8.80. The van der Waals surface area contributed by atoms with Gasteiger partial charge in [0, 0.05) is 33.3 Å². The molecular weight excluding hydrogens is 276 g/mol. The molecule has 0 amide bonds. The number of rotatable bonds is 0. The Labute approximate surface area is 113 Å². The Bertz CT molecular complexity index is 104. The Balaban J connectivity index is -0.0000000133. The summed E-state index contributed by atoms with van der Waals surface area (Å²) in [5.41, 5.74) is 0. The van der Waals surface area contributed by atoms with Crippen molar-refractivity contribution < 1.29 is 115 Å². The summed E-state index contributed by atoms with van der Waals surface area (Å²) in [6, 6.07) is 0. The van der Waals surface area contributed by atoms with Crippen molar-refractivity contribution in [2.45, 2.75) is 0 Å². The zero-order valence-corrected chi connectivity index (χ0v) is 10.1. The molecule has 1 radical (unpaired) electrons. The molecule has 0 aliphatic carbocycles. The van der Waals surface area contributed by atoms with E-state index in [2.05, 4.69) is 0 Å². The van der Waals surface area contributed by atoms with E-state index in [1.807, 2.05) is 0 Å². The van der Waals surface area contributed by atoms with Gasteiger partial charge in [-0.1, -0.05) is 0 Å². The van der Waals surface area contributed by atoms with E-state index >= 15 is 0 Å². The third kappa shape index (κ3) is 71.4. The molecule has 0 unspecified atom stereocenters. The molecule has 0 bridgehead atoms. The summed E-state index contributed by atoms with van der Waals surface area (Å²) in [4.78, 5) is 0. The van der Waals surface area contributed by atoms with E-state index in [4.69, 9.17) is 16.0 Å². The molecule has 0 spiro atoms. The fourth-order valence-electron chi connectivity index (χ4n) is 0. The van der Waals surface area contributed by atoms with Crippen LogP contribution in [0.1, 0.15) is 1.43 Å². The molecule has 0 aromatic heterocycles. The van der Waals surface area contributed by atoms with Gasteiger partial charge in [0.2, 0.25) is 0 Å². The quantitative estimate of drug-likeness (QED) is 0.440. The van der Waals surface area contributed by atoms with E-state index in [9.17, 15) is 0 Å². The average molecular weight is 279 g/mol. The van der Waals surface area contributed by atoms with Gasteiger partial charge >= 0.3 is 80.8 Å². The first-order valence-electron chi connectivity index (χ1n) is 0.647. The molecule has 4 nitrogen and oxygen atoms in total. The van der Waals surface area contributed by atoms with Crippen molar-refractivity contribution in [3.8, 4) is 0 Å². The van der Waals surface area contributed by atoms with Crippen molar-refractivity contribution in [3.63, 3.8) is 0 Å². The van der Waals surface area contributed by atoms with Gasteiger partial charge in [-0.15, -0.1) is 0 Å². The minimum absolute atomic E-state index is 0. The normalized spacial score (nSPS) is 7.25. The summed E-state index contributed by atoms with van der Waals surface area (Å²) in [7, 11) is 0. The van der Waals surface area contributed by atoms with Crippen LogP contribution in [0.3, 0.4) is 0 Å². The second kappa shape index (κ2) is 9.68. The van der Waals surface area contributed by atoms with E-state index < -0.39 is 13.4 Å². The molecule has 2 N–H and O–H groups in total. The third-order valence-electron chi connectivity index (χ3n) is 0. The Morgan fingerprint density at radius 3 is 1.25 bits per heavy atom. The Morgan fingerprint density at radius 1 is 1.25 bits per heavy atom. The van der Waals surface area contributed by atoms with Gasteiger partial charge in [0.15, 0.2) is 0 Å². The van der Waals surface area contributed by atoms with Gasteiger partial charge in [-0.25, -0.2) is 0 Å². The number of hydrogen-bond acceptors (Lipinski definition) is 2. The molecule has 0 aliphatic rings. The molecule has 0 saturated heterocycles. The van der Waals surface area contributed by atoms with E-state index in [-0.39, 0.29) is 86.1 Å². The van der Waals surface area contributed by atoms with Gasteiger partial charge in [-0.05, 0) is 0 Å². The molecule has 54 valence electrons. The Hall–Kier alpha value is 2.68. The second-order valence-corrected chi connectivity index (χ2v) is 1.71. The monoisotopic (exact) mass is 278 g/mol. The summed E-state index contributed by atoms with van der Waals surface area (Å²) in [5.74, 6) is 0. The fraction of sp³-hybridized carbons (Fsp3) is 0. The van der Waals surface area contributed by atoms with Crippen molar-refractivity contribution in [1.82, 2.24) is 0 Å². The zero-order valence-electron chi connectivity index (χ0n) is 4.74. The van der Waals surface area contributed by atoms with Crippen LogP contribution < -0.4 is 51.4 Å². The fourth-order valence-corrected chi connectivity index (χ4v) is 0. The maximum absolute atomic E-state index is 8.80. The summed E-state index contributed by atoms with van der Waals surface area (Å²) >= 11 is -5.12. The Morgan fingerprint density at radius 2 is 1.25 bits per heavy atom. The molecule has 0 rings (SSSR count). The van der Waals surface area contributed by atoms with Crippen molar-refractivity contribution in [2.75, 3.05) is 0 Å². The van der Waals surface area contributed by atoms with E-state index in [0.29, 0.717) is 0 Å². The molecule has 0 aromatic carbocycles. The van der Waals surface area contributed by atoms with Gasteiger partial charge in [0.25, 0.3) is 0 Å². The van der Waals surface area contributed by atoms with Crippen molar-refractivity contribution in [1.29, 1.82) is 0 Å². The van der Waals surface area contributed by atoms with Crippen LogP contribution in [-0.4, -0.2) is 8.38 Å². The van der Waals surface area contributed by atoms with Crippen LogP contribution >= 0.6 is 0 Å².